The predicted molar refractivity (Wildman–Crippen MR) is 99.8 cm³/mol. The van der Waals surface area contributed by atoms with Gasteiger partial charge in [-0.3, -0.25) is 4.90 Å². The maximum atomic E-state index is 3.57. The number of aryl methyl sites for hydroxylation is 1. The normalized spacial score (nSPS) is 31.6. The molecule has 21 heavy (non-hydrogen) atoms. The van der Waals surface area contributed by atoms with Gasteiger partial charge in [0.1, 0.15) is 0 Å². The van der Waals surface area contributed by atoms with Crippen molar-refractivity contribution < 1.29 is 0 Å². The number of benzene rings is 1. The van der Waals surface area contributed by atoms with Gasteiger partial charge in [0.25, 0.3) is 0 Å². The van der Waals surface area contributed by atoms with Crippen LogP contribution in [0.2, 0.25) is 0 Å². The first-order valence-corrected chi connectivity index (χ1v) is 8.96. The second-order valence-corrected chi connectivity index (χ2v) is 9.02. The van der Waals surface area contributed by atoms with Gasteiger partial charge in [0.05, 0.1) is 3.39 Å². The topological polar surface area (TPSA) is 3.24 Å². The van der Waals surface area contributed by atoms with Crippen molar-refractivity contribution in [1.29, 1.82) is 0 Å². The molecule has 2 heterocycles. The molecule has 2 aliphatic rings. The molecule has 0 amide bonds. The van der Waals surface area contributed by atoms with Crippen molar-refractivity contribution in [2.75, 3.05) is 7.05 Å². The molecule has 0 unspecified atom stereocenters. The molecule has 0 aromatic heterocycles. The molecule has 2 bridgehead atoms. The molecule has 0 radical (unpaired) electrons. The fraction of sp³-hybridized carbons (Fsp3) is 0.529. The van der Waals surface area contributed by atoms with E-state index < -0.39 is 0 Å². The quantitative estimate of drug-likeness (QED) is 0.583. The molecule has 4 atom stereocenters. The van der Waals surface area contributed by atoms with E-state index in [1.165, 1.54) is 30.4 Å². The average Bonchev–Trinajstić information content (AvgIpc) is 2.65. The van der Waals surface area contributed by atoms with E-state index in [1.54, 1.807) is 0 Å². The third kappa shape index (κ3) is 3.57. The van der Waals surface area contributed by atoms with Gasteiger partial charge in [-0.2, -0.15) is 0 Å². The minimum atomic E-state index is 0. The average molecular weight is 436 g/mol. The van der Waals surface area contributed by atoms with Gasteiger partial charge in [0.15, 0.2) is 0 Å². The van der Waals surface area contributed by atoms with Crippen molar-refractivity contribution in [3.05, 3.63) is 44.9 Å². The van der Waals surface area contributed by atoms with Gasteiger partial charge in [0.2, 0.25) is 0 Å². The third-order valence-electron chi connectivity index (χ3n) is 5.15. The Morgan fingerprint density at radius 1 is 1.19 bits per heavy atom. The molecule has 1 aromatic carbocycles. The van der Waals surface area contributed by atoms with Gasteiger partial charge in [-0.1, -0.05) is 35.9 Å². The standard InChI is InChI=1S/C17H21Br2N.ClH/c1-11-3-5-12(6-4-11)14-9-13-7-8-16(20(13)2)15(14)10-17(18)19;/h3-6,10,13-16H,7-9H2,1-2H3;1H/t13-,14+,15-,16+;/m0./s1. The van der Waals surface area contributed by atoms with Crippen molar-refractivity contribution >= 4 is 44.3 Å². The molecular weight excluding hydrogens is 413 g/mol. The van der Waals surface area contributed by atoms with Crippen LogP contribution in [0.1, 0.15) is 36.3 Å². The van der Waals surface area contributed by atoms with E-state index in [0.29, 0.717) is 17.9 Å². The number of nitrogens with zero attached hydrogens (tertiary/aromatic N) is 1. The zero-order chi connectivity index (χ0) is 14.3. The molecule has 1 nitrogen and oxygen atoms in total. The summed E-state index contributed by atoms with van der Waals surface area (Å²) < 4.78 is 1.09. The van der Waals surface area contributed by atoms with Crippen LogP contribution in [0.5, 0.6) is 0 Å². The van der Waals surface area contributed by atoms with Gasteiger partial charge < -0.3 is 0 Å². The maximum absolute atomic E-state index is 3.57. The smallest absolute Gasteiger partial charge is 0.0567 e. The molecule has 0 saturated carbocycles. The van der Waals surface area contributed by atoms with Crippen molar-refractivity contribution in [2.45, 2.75) is 44.2 Å². The van der Waals surface area contributed by atoms with Crippen LogP contribution in [0.15, 0.2) is 33.7 Å². The fourth-order valence-electron chi connectivity index (χ4n) is 4.05. The Labute approximate surface area is 150 Å². The van der Waals surface area contributed by atoms with Gasteiger partial charge in [-0.15, -0.1) is 12.4 Å². The van der Waals surface area contributed by atoms with E-state index in [9.17, 15) is 0 Å². The number of hydrogen-bond donors (Lipinski definition) is 0. The first-order valence-electron chi connectivity index (χ1n) is 7.37. The summed E-state index contributed by atoms with van der Waals surface area (Å²) in [6.07, 6.45) is 6.34. The summed E-state index contributed by atoms with van der Waals surface area (Å²) in [5.41, 5.74) is 2.85. The van der Waals surface area contributed by atoms with E-state index in [1.807, 2.05) is 0 Å². The third-order valence-corrected chi connectivity index (χ3v) is 5.68. The number of rotatable bonds is 2. The Bertz CT molecular complexity index is 510. The van der Waals surface area contributed by atoms with Crippen LogP contribution in [0.3, 0.4) is 0 Å². The van der Waals surface area contributed by atoms with E-state index in [0.717, 1.165) is 9.43 Å². The lowest BCUT2D eigenvalue weighted by Gasteiger charge is -2.42. The van der Waals surface area contributed by atoms with Crippen LogP contribution in [-0.4, -0.2) is 24.0 Å². The van der Waals surface area contributed by atoms with Crippen molar-refractivity contribution in [3.63, 3.8) is 0 Å². The van der Waals surface area contributed by atoms with Crippen LogP contribution in [0.4, 0.5) is 0 Å². The minimum absolute atomic E-state index is 0. The first kappa shape index (κ1) is 17.5. The van der Waals surface area contributed by atoms with Crippen LogP contribution < -0.4 is 0 Å². The Hall–Kier alpha value is 0.170. The minimum Gasteiger partial charge on any atom is -0.300 e. The van der Waals surface area contributed by atoms with E-state index in [2.05, 4.69) is 81.1 Å². The lowest BCUT2D eigenvalue weighted by atomic mass is 9.76. The van der Waals surface area contributed by atoms with Gasteiger partial charge in [0, 0.05) is 18.0 Å². The zero-order valence-corrected chi connectivity index (χ0v) is 16.4. The van der Waals surface area contributed by atoms with Crippen LogP contribution in [-0.2, 0) is 0 Å². The summed E-state index contributed by atoms with van der Waals surface area (Å²) in [5, 5.41) is 0. The predicted octanol–water partition coefficient (Wildman–Crippen LogP) is 5.61. The first-order chi connectivity index (χ1) is 9.56. The van der Waals surface area contributed by atoms with Crippen molar-refractivity contribution in [2.24, 2.45) is 5.92 Å². The molecule has 3 rings (SSSR count). The van der Waals surface area contributed by atoms with Gasteiger partial charge >= 0.3 is 0 Å². The lowest BCUT2D eigenvalue weighted by Crippen LogP contribution is -2.45. The van der Waals surface area contributed by atoms with Crippen LogP contribution in [0.25, 0.3) is 0 Å². The largest absolute Gasteiger partial charge is 0.300 e. The molecule has 2 aliphatic heterocycles. The SMILES string of the molecule is Cc1ccc([C@H]2C[C@@H]3CC[C@H]([C@H]2C=C(Br)Br)N3C)cc1.Cl. The van der Waals surface area contributed by atoms with Crippen LogP contribution in [0, 0.1) is 12.8 Å². The molecule has 2 saturated heterocycles. The zero-order valence-electron chi connectivity index (χ0n) is 12.4. The second kappa shape index (κ2) is 7.16. The number of halogens is 3. The number of piperidine rings is 1. The highest BCUT2D eigenvalue weighted by Crippen LogP contribution is 2.47. The highest BCUT2D eigenvalue weighted by Gasteiger charge is 2.44. The highest BCUT2D eigenvalue weighted by molar-refractivity contribution is 9.28. The monoisotopic (exact) mass is 433 g/mol. The van der Waals surface area contributed by atoms with E-state index in [4.69, 9.17) is 0 Å². The Kier molecular flexibility index (Phi) is 5.98. The second-order valence-electron chi connectivity index (χ2n) is 6.25. The molecule has 1 aromatic rings. The van der Waals surface area contributed by atoms with Gasteiger partial charge in [-0.05, 0) is 76.6 Å². The Morgan fingerprint density at radius 3 is 2.48 bits per heavy atom. The molecule has 116 valence electrons. The Morgan fingerprint density at radius 2 is 1.86 bits per heavy atom. The summed E-state index contributed by atoms with van der Waals surface area (Å²) in [4.78, 5) is 2.61. The summed E-state index contributed by atoms with van der Waals surface area (Å²) in [7, 11) is 2.30. The molecule has 0 aliphatic carbocycles. The van der Waals surface area contributed by atoms with Crippen LogP contribution >= 0.6 is 44.3 Å². The highest BCUT2D eigenvalue weighted by atomic mass is 79.9. The maximum Gasteiger partial charge on any atom is 0.0567 e. The fourth-order valence-corrected chi connectivity index (χ4v) is 4.66. The molecule has 2 fully saturated rings. The molecule has 0 spiro atoms. The van der Waals surface area contributed by atoms with E-state index in [-0.39, 0.29) is 12.4 Å². The number of hydrogen-bond acceptors (Lipinski definition) is 1. The summed E-state index contributed by atoms with van der Waals surface area (Å²) in [6.45, 7) is 2.16. The lowest BCUT2D eigenvalue weighted by molar-refractivity contribution is 0.124. The number of fused-ring (bicyclic) bond motifs is 2. The molecule has 0 N–H and O–H groups in total. The van der Waals surface area contributed by atoms with Gasteiger partial charge in [-0.25, -0.2) is 0 Å². The summed E-state index contributed by atoms with van der Waals surface area (Å²) in [5.74, 6) is 1.24. The summed E-state index contributed by atoms with van der Waals surface area (Å²) >= 11 is 7.14. The molecule has 4 heteroatoms. The van der Waals surface area contributed by atoms with E-state index >= 15 is 0 Å². The van der Waals surface area contributed by atoms with Crippen molar-refractivity contribution in [1.82, 2.24) is 4.90 Å². The summed E-state index contributed by atoms with van der Waals surface area (Å²) in [6, 6.07) is 10.6. The van der Waals surface area contributed by atoms with Crippen molar-refractivity contribution in [3.8, 4) is 0 Å². The Balaban J connectivity index is 0.00000161. The molecular formula is C17H22Br2ClN.